The van der Waals surface area contributed by atoms with Crippen LogP contribution in [0.25, 0.3) is 0 Å². The van der Waals surface area contributed by atoms with Crippen LogP contribution in [-0.4, -0.2) is 10.2 Å². The van der Waals surface area contributed by atoms with Gasteiger partial charge in [-0.2, -0.15) is 5.10 Å². The molecule has 0 aromatic carbocycles. The van der Waals surface area contributed by atoms with Gasteiger partial charge >= 0.3 is 0 Å². The molecule has 2 rings (SSSR count). The van der Waals surface area contributed by atoms with E-state index in [1.54, 1.807) is 0 Å². The molecule has 1 aromatic heterocycles. The SMILES string of the molecule is CC1(C)CCC(C)(C)c2cc1n[nH]2. The van der Waals surface area contributed by atoms with Crippen LogP contribution in [-0.2, 0) is 10.8 Å². The van der Waals surface area contributed by atoms with Crippen LogP contribution in [0.1, 0.15) is 51.9 Å². The van der Waals surface area contributed by atoms with Gasteiger partial charge in [-0.25, -0.2) is 0 Å². The van der Waals surface area contributed by atoms with Crippen molar-refractivity contribution in [2.24, 2.45) is 0 Å². The van der Waals surface area contributed by atoms with E-state index in [4.69, 9.17) is 0 Å². The summed E-state index contributed by atoms with van der Waals surface area (Å²) >= 11 is 0. The Balaban J connectivity index is 2.50. The Bertz CT molecular complexity index is 290. The zero-order chi connectivity index (χ0) is 9.69. The number of H-pyrrole nitrogens is 1. The third kappa shape index (κ3) is 1.28. The highest BCUT2D eigenvalue weighted by atomic mass is 15.1. The Kier molecular flexibility index (Phi) is 1.60. The number of fused-ring (bicyclic) bond motifs is 2. The molecule has 0 aliphatic heterocycles. The van der Waals surface area contributed by atoms with Gasteiger partial charge in [0.1, 0.15) is 0 Å². The van der Waals surface area contributed by atoms with Crippen molar-refractivity contribution in [1.29, 1.82) is 0 Å². The van der Waals surface area contributed by atoms with Gasteiger partial charge in [0.15, 0.2) is 0 Å². The molecule has 0 saturated heterocycles. The summed E-state index contributed by atoms with van der Waals surface area (Å²) in [5, 5.41) is 7.53. The second kappa shape index (κ2) is 2.37. The average molecular weight is 178 g/mol. The largest absolute Gasteiger partial charge is 0.282 e. The van der Waals surface area contributed by atoms with Gasteiger partial charge < -0.3 is 0 Å². The van der Waals surface area contributed by atoms with E-state index in [0.29, 0.717) is 0 Å². The number of aromatic amines is 1. The van der Waals surface area contributed by atoms with Crippen molar-refractivity contribution < 1.29 is 0 Å². The van der Waals surface area contributed by atoms with Crippen LogP contribution in [0.2, 0.25) is 0 Å². The van der Waals surface area contributed by atoms with Crippen molar-refractivity contribution in [1.82, 2.24) is 10.2 Å². The molecule has 0 amide bonds. The predicted octanol–water partition coefficient (Wildman–Crippen LogP) is 2.76. The van der Waals surface area contributed by atoms with Crippen molar-refractivity contribution >= 4 is 0 Å². The molecule has 1 N–H and O–H groups in total. The van der Waals surface area contributed by atoms with Gasteiger partial charge in [-0.15, -0.1) is 0 Å². The topological polar surface area (TPSA) is 28.7 Å². The molecule has 2 nitrogen and oxygen atoms in total. The zero-order valence-electron chi connectivity index (χ0n) is 8.94. The maximum Gasteiger partial charge on any atom is 0.0681 e. The minimum absolute atomic E-state index is 0.239. The summed E-state index contributed by atoms with van der Waals surface area (Å²) in [6, 6.07) is 2.23. The highest BCUT2D eigenvalue weighted by Gasteiger charge is 2.34. The summed E-state index contributed by atoms with van der Waals surface area (Å²) in [5.74, 6) is 0. The van der Waals surface area contributed by atoms with Crippen molar-refractivity contribution in [2.45, 2.75) is 51.4 Å². The second-order valence-electron chi connectivity index (χ2n) is 5.43. The fourth-order valence-corrected chi connectivity index (χ4v) is 1.90. The Morgan fingerprint density at radius 1 is 1.15 bits per heavy atom. The second-order valence-corrected chi connectivity index (χ2v) is 5.43. The lowest BCUT2D eigenvalue weighted by molar-refractivity contribution is 0.364. The summed E-state index contributed by atoms with van der Waals surface area (Å²) < 4.78 is 0. The number of hydrogen-bond donors (Lipinski definition) is 1. The summed E-state index contributed by atoms with van der Waals surface area (Å²) in [6.07, 6.45) is 2.46. The molecule has 2 bridgehead atoms. The molecule has 72 valence electrons. The number of hydrogen-bond acceptors (Lipinski definition) is 1. The lowest BCUT2D eigenvalue weighted by atomic mass is 9.79. The smallest absolute Gasteiger partial charge is 0.0681 e. The monoisotopic (exact) mass is 178 g/mol. The first-order valence-corrected chi connectivity index (χ1v) is 4.98. The summed E-state index contributed by atoms with van der Waals surface area (Å²) in [5.41, 5.74) is 3.00. The van der Waals surface area contributed by atoms with E-state index in [1.165, 1.54) is 24.2 Å². The standard InChI is InChI=1S/C11H18N2/c1-10(2)5-6-11(3,4)9-7-8(10)12-13-9/h7H,5-6H2,1-4H3,(H,12,13). The van der Waals surface area contributed by atoms with Gasteiger partial charge in [0.05, 0.1) is 5.69 Å². The molecule has 1 aliphatic carbocycles. The Morgan fingerprint density at radius 3 is 2.46 bits per heavy atom. The number of nitrogens with one attached hydrogen (secondary N) is 1. The maximum atomic E-state index is 4.38. The molecule has 0 radical (unpaired) electrons. The van der Waals surface area contributed by atoms with Gasteiger partial charge in [0.2, 0.25) is 0 Å². The van der Waals surface area contributed by atoms with E-state index in [0.717, 1.165) is 0 Å². The van der Waals surface area contributed by atoms with Crippen LogP contribution >= 0.6 is 0 Å². The third-order valence-electron chi connectivity index (χ3n) is 3.38. The molecule has 0 unspecified atom stereocenters. The van der Waals surface area contributed by atoms with E-state index in [1.807, 2.05) is 0 Å². The Hall–Kier alpha value is -0.790. The van der Waals surface area contributed by atoms with Gasteiger partial charge in [-0.05, 0) is 18.9 Å². The van der Waals surface area contributed by atoms with E-state index < -0.39 is 0 Å². The fourth-order valence-electron chi connectivity index (χ4n) is 1.90. The Labute approximate surface area is 79.7 Å². The van der Waals surface area contributed by atoms with Crippen LogP contribution in [0, 0.1) is 0 Å². The molecular formula is C11H18N2. The molecule has 0 spiro atoms. The maximum absolute atomic E-state index is 4.38. The van der Waals surface area contributed by atoms with Crippen molar-refractivity contribution in [2.75, 3.05) is 0 Å². The number of nitrogens with zero attached hydrogens (tertiary/aromatic N) is 1. The van der Waals surface area contributed by atoms with Gasteiger partial charge in [-0.3, -0.25) is 5.10 Å². The van der Waals surface area contributed by atoms with Gasteiger partial charge in [-0.1, -0.05) is 27.7 Å². The van der Waals surface area contributed by atoms with Crippen molar-refractivity contribution in [3.8, 4) is 0 Å². The van der Waals surface area contributed by atoms with E-state index >= 15 is 0 Å². The molecule has 1 heterocycles. The van der Waals surface area contributed by atoms with Crippen molar-refractivity contribution in [3.63, 3.8) is 0 Å². The van der Waals surface area contributed by atoms with Crippen LogP contribution < -0.4 is 0 Å². The number of rotatable bonds is 0. The average Bonchev–Trinajstić information content (AvgIpc) is 2.47. The summed E-state index contributed by atoms with van der Waals surface area (Å²) in [7, 11) is 0. The first kappa shape index (κ1) is 8.79. The third-order valence-corrected chi connectivity index (χ3v) is 3.38. The highest BCUT2D eigenvalue weighted by Crippen LogP contribution is 2.39. The highest BCUT2D eigenvalue weighted by molar-refractivity contribution is 5.25. The lowest BCUT2D eigenvalue weighted by Gasteiger charge is -2.27. The molecular weight excluding hydrogens is 160 g/mol. The minimum Gasteiger partial charge on any atom is -0.282 e. The Morgan fingerprint density at radius 2 is 1.77 bits per heavy atom. The quantitative estimate of drug-likeness (QED) is 0.650. The van der Waals surface area contributed by atoms with E-state index in [-0.39, 0.29) is 10.8 Å². The van der Waals surface area contributed by atoms with E-state index in [9.17, 15) is 0 Å². The summed E-state index contributed by atoms with van der Waals surface area (Å²) in [6.45, 7) is 9.11. The van der Waals surface area contributed by atoms with E-state index in [2.05, 4.69) is 44.0 Å². The van der Waals surface area contributed by atoms with Gasteiger partial charge in [0.25, 0.3) is 0 Å². The summed E-state index contributed by atoms with van der Waals surface area (Å²) in [4.78, 5) is 0. The van der Waals surface area contributed by atoms with Crippen molar-refractivity contribution in [3.05, 3.63) is 17.5 Å². The molecule has 0 saturated carbocycles. The van der Waals surface area contributed by atoms with Crippen LogP contribution in [0.5, 0.6) is 0 Å². The molecule has 0 atom stereocenters. The minimum atomic E-state index is 0.239. The zero-order valence-corrected chi connectivity index (χ0v) is 8.94. The number of aromatic nitrogens is 2. The van der Waals surface area contributed by atoms with Gasteiger partial charge in [0, 0.05) is 16.5 Å². The predicted molar refractivity (Wildman–Crippen MR) is 53.9 cm³/mol. The molecule has 1 aromatic rings. The molecule has 13 heavy (non-hydrogen) atoms. The molecule has 0 fully saturated rings. The molecule has 2 heteroatoms. The van der Waals surface area contributed by atoms with Crippen LogP contribution in [0.15, 0.2) is 6.07 Å². The first-order chi connectivity index (χ1) is 5.92. The molecule has 1 aliphatic rings. The van der Waals surface area contributed by atoms with Crippen LogP contribution in [0.4, 0.5) is 0 Å². The van der Waals surface area contributed by atoms with Crippen LogP contribution in [0.3, 0.4) is 0 Å². The fraction of sp³-hybridized carbons (Fsp3) is 0.727. The lowest BCUT2D eigenvalue weighted by Crippen LogP contribution is -2.23. The normalized spacial score (nSPS) is 24.0. The first-order valence-electron chi connectivity index (χ1n) is 4.98.